The molecule has 6 heteroatoms. The highest BCUT2D eigenvalue weighted by Gasteiger charge is 2.27. The molecule has 22 heavy (non-hydrogen) atoms. The van der Waals surface area contributed by atoms with Crippen LogP contribution in [0, 0.1) is 5.92 Å². The lowest BCUT2D eigenvalue weighted by molar-refractivity contribution is -0.150. The van der Waals surface area contributed by atoms with Gasteiger partial charge in [0.1, 0.15) is 6.04 Å². The van der Waals surface area contributed by atoms with Crippen LogP contribution in [0.1, 0.15) is 38.1 Å². The molecule has 0 saturated heterocycles. The van der Waals surface area contributed by atoms with Crippen LogP contribution in [0.3, 0.4) is 0 Å². The maximum atomic E-state index is 11.9. The van der Waals surface area contributed by atoms with E-state index in [0.29, 0.717) is 5.56 Å². The molecule has 120 valence electrons. The number of nitrogens with one attached hydrogen (secondary N) is 2. The Labute approximate surface area is 130 Å². The maximum Gasteiger partial charge on any atom is 0.329 e. The Morgan fingerprint density at radius 3 is 2.09 bits per heavy atom. The predicted octanol–water partition coefficient (Wildman–Crippen LogP) is 2.10. The van der Waals surface area contributed by atoms with Crippen LogP contribution in [0.15, 0.2) is 30.3 Å². The van der Waals surface area contributed by atoms with Gasteiger partial charge in [0.05, 0.1) is 6.10 Å². The van der Waals surface area contributed by atoms with Gasteiger partial charge in [-0.25, -0.2) is 9.59 Å². The number of rotatable bonds is 5. The van der Waals surface area contributed by atoms with E-state index in [4.69, 9.17) is 4.74 Å². The minimum atomic E-state index is -0.814. The van der Waals surface area contributed by atoms with Gasteiger partial charge in [-0.05, 0) is 31.9 Å². The number of esters is 1. The number of hydrogen-bond donors (Lipinski definition) is 2. The molecular formula is C16H22N2O4. The van der Waals surface area contributed by atoms with Crippen molar-refractivity contribution in [3.05, 3.63) is 35.9 Å². The number of imide groups is 1. The summed E-state index contributed by atoms with van der Waals surface area (Å²) in [6.07, 6.45) is -0.274. The number of ether oxygens (including phenoxy) is 1. The molecule has 1 atom stereocenters. The lowest BCUT2D eigenvalue weighted by Gasteiger charge is -2.22. The van der Waals surface area contributed by atoms with Crippen molar-refractivity contribution in [1.82, 2.24) is 10.6 Å². The zero-order chi connectivity index (χ0) is 16.7. The molecule has 0 aliphatic carbocycles. The van der Waals surface area contributed by atoms with Gasteiger partial charge >= 0.3 is 12.0 Å². The van der Waals surface area contributed by atoms with Crippen LogP contribution < -0.4 is 10.6 Å². The minimum absolute atomic E-state index is 0.163. The summed E-state index contributed by atoms with van der Waals surface area (Å²) in [4.78, 5) is 35.7. The van der Waals surface area contributed by atoms with E-state index in [-0.39, 0.29) is 12.0 Å². The highest BCUT2D eigenvalue weighted by atomic mass is 16.5. The third-order valence-corrected chi connectivity index (χ3v) is 2.82. The standard InChI is InChI=1S/C16H22N2O4/c1-10(2)13(15(20)22-11(3)4)17-16(21)18-14(19)12-8-6-5-7-9-12/h5-11,13H,1-4H3,(H2,17,18,19,21). The van der Waals surface area contributed by atoms with Gasteiger partial charge in [0.2, 0.25) is 0 Å². The SMILES string of the molecule is CC(C)OC(=O)C(NC(=O)NC(=O)c1ccccc1)C(C)C. The second kappa shape index (κ2) is 8.17. The summed E-state index contributed by atoms with van der Waals surface area (Å²) in [6, 6.07) is 6.81. The summed E-state index contributed by atoms with van der Waals surface area (Å²) in [6.45, 7) is 7.03. The van der Waals surface area contributed by atoms with E-state index in [9.17, 15) is 14.4 Å². The second-order valence-corrected chi connectivity index (χ2v) is 5.50. The highest BCUT2D eigenvalue weighted by molar-refractivity contribution is 6.04. The Kier molecular flexibility index (Phi) is 6.56. The molecule has 0 bridgehead atoms. The van der Waals surface area contributed by atoms with Gasteiger partial charge in [-0.2, -0.15) is 0 Å². The number of hydrogen-bond acceptors (Lipinski definition) is 4. The molecule has 1 aromatic carbocycles. The average Bonchev–Trinajstić information content (AvgIpc) is 2.44. The smallest absolute Gasteiger partial charge is 0.329 e. The van der Waals surface area contributed by atoms with Crippen molar-refractivity contribution in [2.45, 2.75) is 39.8 Å². The fourth-order valence-corrected chi connectivity index (χ4v) is 1.75. The summed E-state index contributed by atoms with van der Waals surface area (Å²) >= 11 is 0. The van der Waals surface area contributed by atoms with Crippen LogP contribution in [-0.4, -0.2) is 30.1 Å². The van der Waals surface area contributed by atoms with Gasteiger partial charge in [-0.3, -0.25) is 10.1 Å². The quantitative estimate of drug-likeness (QED) is 0.816. The Bertz CT molecular complexity index is 526. The molecule has 0 fully saturated rings. The second-order valence-electron chi connectivity index (χ2n) is 5.50. The molecule has 0 aromatic heterocycles. The number of amides is 3. The van der Waals surface area contributed by atoms with Crippen LogP contribution >= 0.6 is 0 Å². The van der Waals surface area contributed by atoms with E-state index < -0.39 is 23.9 Å². The van der Waals surface area contributed by atoms with Crippen molar-refractivity contribution < 1.29 is 19.1 Å². The summed E-state index contributed by atoms with van der Waals surface area (Å²) in [7, 11) is 0. The third kappa shape index (κ3) is 5.55. The predicted molar refractivity (Wildman–Crippen MR) is 82.3 cm³/mol. The van der Waals surface area contributed by atoms with Crippen molar-refractivity contribution >= 4 is 17.9 Å². The van der Waals surface area contributed by atoms with Crippen molar-refractivity contribution in [3.8, 4) is 0 Å². The Morgan fingerprint density at radius 2 is 1.59 bits per heavy atom. The van der Waals surface area contributed by atoms with Crippen LogP contribution in [0.2, 0.25) is 0 Å². The topological polar surface area (TPSA) is 84.5 Å². The summed E-state index contributed by atoms with van der Waals surface area (Å²) in [5, 5.41) is 4.67. The molecule has 0 saturated carbocycles. The van der Waals surface area contributed by atoms with E-state index in [0.717, 1.165) is 0 Å². The molecule has 0 radical (unpaired) electrons. The number of carbonyl (C=O) groups excluding carboxylic acids is 3. The molecule has 1 unspecified atom stereocenters. The molecule has 3 amide bonds. The minimum Gasteiger partial charge on any atom is -0.461 e. The van der Waals surface area contributed by atoms with Crippen molar-refractivity contribution in [2.24, 2.45) is 5.92 Å². The molecule has 6 nitrogen and oxygen atoms in total. The first kappa shape index (κ1) is 17.7. The average molecular weight is 306 g/mol. The lowest BCUT2D eigenvalue weighted by Crippen LogP contribution is -2.50. The zero-order valence-corrected chi connectivity index (χ0v) is 13.3. The molecule has 1 aromatic rings. The molecule has 0 heterocycles. The van der Waals surface area contributed by atoms with E-state index in [1.165, 1.54) is 0 Å². The van der Waals surface area contributed by atoms with Crippen molar-refractivity contribution in [3.63, 3.8) is 0 Å². The van der Waals surface area contributed by atoms with Gasteiger partial charge < -0.3 is 10.1 Å². The fraction of sp³-hybridized carbons (Fsp3) is 0.438. The van der Waals surface area contributed by atoms with E-state index in [1.807, 2.05) is 0 Å². The zero-order valence-electron chi connectivity index (χ0n) is 13.3. The first-order valence-electron chi connectivity index (χ1n) is 7.18. The van der Waals surface area contributed by atoms with Gasteiger partial charge in [0.15, 0.2) is 0 Å². The first-order valence-corrected chi connectivity index (χ1v) is 7.18. The monoisotopic (exact) mass is 306 g/mol. The summed E-state index contributed by atoms with van der Waals surface area (Å²) in [5.74, 6) is -1.21. The Morgan fingerprint density at radius 1 is 1.00 bits per heavy atom. The van der Waals surface area contributed by atoms with Crippen LogP contribution in [-0.2, 0) is 9.53 Å². The van der Waals surface area contributed by atoms with Gasteiger partial charge in [-0.1, -0.05) is 32.0 Å². The molecule has 1 rings (SSSR count). The van der Waals surface area contributed by atoms with Crippen LogP contribution in [0.4, 0.5) is 4.79 Å². The Hall–Kier alpha value is -2.37. The van der Waals surface area contributed by atoms with Crippen LogP contribution in [0.5, 0.6) is 0 Å². The molecule has 2 N–H and O–H groups in total. The fourth-order valence-electron chi connectivity index (χ4n) is 1.75. The Balaban J connectivity index is 2.64. The molecule has 0 aliphatic heterocycles. The molecule has 0 spiro atoms. The van der Waals surface area contributed by atoms with Gasteiger partial charge in [0, 0.05) is 5.56 Å². The van der Waals surface area contributed by atoms with Gasteiger partial charge in [0.25, 0.3) is 5.91 Å². The van der Waals surface area contributed by atoms with Crippen molar-refractivity contribution in [1.29, 1.82) is 0 Å². The van der Waals surface area contributed by atoms with E-state index in [2.05, 4.69) is 10.6 Å². The van der Waals surface area contributed by atoms with Crippen molar-refractivity contribution in [2.75, 3.05) is 0 Å². The number of urea groups is 1. The highest BCUT2D eigenvalue weighted by Crippen LogP contribution is 2.06. The van der Waals surface area contributed by atoms with E-state index >= 15 is 0 Å². The van der Waals surface area contributed by atoms with Gasteiger partial charge in [-0.15, -0.1) is 0 Å². The van der Waals surface area contributed by atoms with E-state index in [1.54, 1.807) is 58.0 Å². The number of carbonyl (C=O) groups is 3. The number of benzene rings is 1. The summed E-state index contributed by atoms with van der Waals surface area (Å²) in [5.41, 5.74) is 0.364. The first-order chi connectivity index (χ1) is 10.3. The largest absolute Gasteiger partial charge is 0.461 e. The molecular weight excluding hydrogens is 284 g/mol. The lowest BCUT2D eigenvalue weighted by atomic mass is 10.1. The maximum absolute atomic E-state index is 11.9. The third-order valence-electron chi connectivity index (χ3n) is 2.82. The molecule has 0 aliphatic rings. The normalized spacial score (nSPS) is 11.9. The summed E-state index contributed by atoms with van der Waals surface area (Å²) < 4.78 is 5.10. The van der Waals surface area contributed by atoms with Crippen LogP contribution in [0.25, 0.3) is 0 Å².